The molecule has 0 fully saturated rings. The zero-order valence-electron chi connectivity index (χ0n) is 15.7. The van der Waals surface area contributed by atoms with E-state index in [1.807, 2.05) is 62.4 Å². The van der Waals surface area contributed by atoms with Crippen molar-refractivity contribution in [2.24, 2.45) is 5.92 Å². The Morgan fingerprint density at radius 3 is 2.42 bits per heavy atom. The maximum atomic E-state index is 12.4. The van der Waals surface area contributed by atoms with Gasteiger partial charge in [0.05, 0.1) is 6.61 Å². The van der Waals surface area contributed by atoms with Crippen LogP contribution in [0.5, 0.6) is 5.75 Å². The van der Waals surface area contributed by atoms with E-state index >= 15 is 0 Å². The normalized spacial score (nSPS) is 11.2. The predicted octanol–water partition coefficient (Wildman–Crippen LogP) is 4.88. The largest absolute Gasteiger partial charge is 0.493 e. The molecule has 0 atom stereocenters. The van der Waals surface area contributed by atoms with Crippen LogP contribution in [-0.4, -0.2) is 12.5 Å². The van der Waals surface area contributed by atoms with Gasteiger partial charge in [-0.1, -0.05) is 32.0 Å². The minimum absolute atomic E-state index is 0.0547. The summed E-state index contributed by atoms with van der Waals surface area (Å²) in [5.74, 6) is 0.804. The summed E-state index contributed by atoms with van der Waals surface area (Å²) in [6.07, 6.45) is 1.57. The lowest BCUT2D eigenvalue weighted by Gasteiger charge is -2.09. The van der Waals surface area contributed by atoms with Gasteiger partial charge >= 0.3 is 0 Å². The Labute approximate surface area is 155 Å². The number of hydrogen-bond acceptors (Lipinski definition) is 3. The minimum atomic E-state index is -0.420. The first-order valence-corrected chi connectivity index (χ1v) is 8.62. The molecule has 0 bridgehead atoms. The van der Waals surface area contributed by atoms with Gasteiger partial charge in [-0.2, -0.15) is 5.26 Å². The summed E-state index contributed by atoms with van der Waals surface area (Å²) in [4.78, 5) is 12.4. The van der Waals surface area contributed by atoms with E-state index in [4.69, 9.17) is 4.74 Å². The quantitative estimate of drug-likeness (QED) is 0.597. The minimum Gasteiger partial charge on any atom is -0.493 e. The third kappa shape index (κ3) is 5.49. The number of nitriles is 1. The topological polar surface area (TPSA) is 62.1 Å². The molecule has 0 saturated carbocycles. The van der Waals surface area contributed by atoms with Crippen LogP contribution in [0.1, 0.15) is 30.5 Å². The Bertz CT molecular complexity index is 843. The molecule has 0 aliphatic carbocycles. The fourth-order valence-corrected chi connectivity index (χ4v) is 2.26. The fourth-order valence-electron chi connectivity index (χ4n) is 2.26. The van der Waals surface area contributed by atoms with Gasteiger partial charge in [0.15, 0.2) is 0 Å². The number of amides is 1. The second-order valence-corrected chi connectivity index (χ2v) is 6.70. The molecule has 0 saturated heterocycles. The van der Waals surface area contributed by atoms with Crippen LogP contribution in [0.4, 0.5) is 5.69 Å². The van der Waals surface area contributed by atoms with Crippen LogP contribution < -0.4 is 10.1 Å². The van der Waals surface area contributed by atoms with Crippen molar-refractivity contribution in [2.45, 2.75) is 27.7 Å². The van der Waals surface area contributed by atoms with E-state index in [-0.39, 0.29) is 5.57 Å². The maximum absolute atomic E-state index is 12.4. The summed E-state index contributed by atoms with van der Waals surface area (Å²) < 4.78 is 5.64. The van der Waals surface area contributed by atoms with Gasteiger partial charge in [0, 0.05) is 5.69 Å². The highest BCUT2D eigenvalue weighted by Crippen LogP contribution is 2.18. The summed E-state index contributed by atoms with van der Waals surface area (Å²) >= 11 is 0. The average molecular weight is 348 g/mol. The van der Waals surface area contributed by atoms with E-state index in [2.05, 4.69) is 19.2 Å². The van der Waals surface area contributed by atoms with Gasteiger partial charge < -0.3 is 10.1 Å². The number of hydrogen-bond donors (Lipinski definition) is 1. The molecule has 0 aromatic heterocycles. The van der Waals surface area contributed by atoms with Crippen LogP contribution in [0.2, 0.25) is 0 Å². The van der Waals surface area contributed by atoms with E-state index in [0.717, 1.165) is 22.4 Å². The number of carbonyl (C=O) groups is 1. The smallest absolute Gasteiger partial charge is 0.266 e. The monoisotopic (exact) mass is 348 g/mol. The lowest BCUT2D eigenvalue weighted by molar-refractivity contribution is -0.112. The first-order valence-electron chi connectivity index (χ1n) is 8.62. The van der Waals surface area contributed by atoms with Crippen LogP contribution in [-0.2, 0) is 4.79 Å². The molecule has 26 heavy (non-hydrogen) atoms. The number of benzene rings is 2. The van der Waals surface area contributed by atoms with Crippen LogP contribution in [0.25, 0.3) is 6.08 Å². The lowest BCUT2D eigenvalue weighted by Crippen LogP contribution is -2.13. The van der Waals surface area contributed by atoms with Crippen molar-refractivity contribution in [3.63, 3.8) is 0 Å². The van der Waals surface area contributed by atoms with Crippen molar-refractivity contribution in [3.8, 4) is 11.8 Å². The zero-order chi connectivity index (χ0) is 19.1. The highest BCUT2D eigenvalue weighted by molar-refractivity contribution is 6.09. The van der Waals surface area contributed by atoms with Gasteiger partial charge in [-0.15, -0.1) is 0 Å². The number of ether oxygens (including phenoxy) is 1. The molecule has 0 radical (unpaired) electrons. The second-order valence-electron chi connectivity index (χ2n) is 6.70. The van der Waals surface area contributed by atoms with Crippen LogP contribution in [0.15, 0.2) is 48.0 Å². The zero-order valence-corrected chi connectivity index (χ0v) is 15.7. The van der Waals surface area contributed by atoms with Crippen molar-refractivity contribution in [2.75, 3.05) is 11.9 Å². The molecule has 0 aliphatic heterocycles. The molecule has 4 nitrogen and oxygen atoms in total. The van der Waals surface area contributed by atoms with E-state index in [1.165, 1.54) is 0 Å². The predicted molar refractivity (Wildman–Crippen MR) is 105 cm³/mol. The van der Waals surface area contributed by atoms with Gasteiger partial charge in [0.25, 0.3) is 5.91 Å². The van der Waals surface area contributed by atoms with E-state index in [0.29, 0.717) is 18.2 Å². The maximum Gasteiger partial charge on any atom is 0.266 e. The molecule has 1 N–H and O–H groups in total. The van der Waals surface area contributed by atoms with Crippen LogP contribution >= 0.6 is 0 Å². The number of rotatable bonds is 6. The average Bonchev–Trinajstić information content (AvgIpc) is 2.61. The Morgan fingerprint density at radius 1 is 1.15 bits per heavy atom. The van der Waals surface area contributed by atoms with Crippen molar-refractivity contribution in [3.05, 3.63) is 64.7 Å². The third-order valence-corrected chi connectivity index (χ3v) is 3.90. The molecule has 0 heterocycles. The van der Waals surface area contributed by atoms with Gasteiger partial charge in [-0.25, -0.2) is 0 Å². The first kappa shape index (κ1) is 19.3. The number of anilines is 1. The molecule has 4 heteroatoms. The number of nitrogens with one attached hydrogen (secondary N) is 1. The van der Waals surface area contributed by atoms with E-state index in [1.54, 1.807) is 6.08 Å². The van der Waals surface area contributed by atoms with Gasteiger partial charge in [0.2, 0.25) is 0 Å². The number of aryl methyl sites for hydroxylation is 2. The number of nitrogens with zero attached hydrogens (tertiary/aromatic N) is 1. The molecule has 134 valence electrons. The molecule has 1 amide bonds. The molecule has 0 unspecified atom stereocenters. The molecule has 2 aromatic carbocycles. The summed E-state index contributed by atoms with van der Waals surface area (Å²) in [7, 11) is 0. The highest BCUT2D eigenvalue weighted by atomic mass is 16.5. The molecule has 2 rings (SSSR count). The fraction of sp³-hybridized carbons (Fsp3) is 0.273. The molecule has 0 spiro atoms. The molecular formula is C22H24N2O2. The standard InChI is InChI=1S/C22H24N2O2/c1-15(2)14-26-21-9-6-18(7-10-21)12-19(13-23)22(25)24-20-8-5-16(3)17(4)11-20/h5-12,15H,14H2,1-4H3,(H,24,25)/b19-12-. The SMILES string of the molecule is Cc1ccc(NC(=O)/C(C#N)=C\c2ccc(OCC(C)C)cc2)cc1C. The molecular weight excluding hydrogens is 324 g/mol. The van der Waals surface area contributed by atoms with Crippen molar-refractivity contribution in [1.82, 2.24) is 0 Å². The summed E-state index contributed by atoms with van der Waals surface area (Å²) in [5, 5.41) is 12.1. The summed E-state index contributed by atoms with van der Waals surface area (Å²) in [5.41, 5.74) is 3.74. The number of carbonyl (C=O) groups excluding carboxylic acids is 1. The molecule has 0 aliphatic rings. The summed E-state index contributed by atoms with van der Waals surface area (Å²) in [6, 6.07) is 15.0. The Morgan fingerprint density at radius 2 is 1.85 bits per heavy atom. The Hall–Kier alpha value is -3.06. The van der Waals surface area contributed by atoms with Crippen LogP contribution in [0.3, 0.4) is 0 Å². The molecule has 2 aromatic rings. The highest BCUT2D eigenvalue weighted by Gasteiger charge is 2.10. The van der Waals surface area contributed by atoms with Gasteiger partial charge in [-0.3, -0.25) is 4.79 Å². The Kier molecular flexibility index (Phi) is 6.57. The van der Waals surface area contributed by atoms with E-state index in [9.17, 15) is 10.1 Å². The van der Waals surface area contributed by atoms with Gasteiger partial charge in [-0.05, 0) is 66.8 Å². The second kappa shape index (κ2) is 8.87. The summed E-state index contributed by atoms with van der Waals surface area (Å²) in [6.45, 7) is 8.82. The van der Waals surface area contributed by atoms with E-state index < -0.39 is 5.91 Å². The van der Waals surface area contributed by atoms with Crippen molar-refractivity contribution >= 4 is 17.7 Å². The third-order valence-electron chi connectivity index (χ3n) is 3.90. The van der Waals surface area contributed by atoms with Crippen LogP contribution in [0, 0.1) is 31.1 Å². The van der Waals surface area contributed by atoms with Crippen molar-refractivity contribution < 1.29 is 9.53 Å². The first-order chi connectivity index (χ1) is 12.4. The van der Waals surface area contributed by atoms with Gasteiger partial charge in [0.1, 0.15) is 17.4 Å². The van der Waals surface area contributed by atoms with Crippen molar-refractivity contribution in [1.29, 1.82) is 5.26 Å². The lowest BCUT2D eigenvalue weighted by atomic mass is 10.1. The Balaban J connectivity index is 2.09.